The molecule has 0 spiro atoms. The third-order valence-corrected chi connectivity index (χ3v) is 5.53. The number of aromatic nitrogens is 3. The average molecular weight is 374 g/mol. The number of hydrogen-bond acceptors (Lipinski definition) is 6. The van der Waals surface area contributed by atoms with Crippen LogP contribution in [0.5, 0.6) is 0 Å². The molecule has 0 aromatic carbocycles. The minimum Gasteiger partial charge on any atom is -0.366 e. The number of anilines is 1. The van der Waals surface area contributed by atoms with Crippen LogP contribution in [-0.4, -0.2) is 69.8 Å². The van der Waals surface area contributed by atoms with E-state index in [9.17, 15) is 4.79 Å². The minimum atomic E-state index is -0.441. The Morgan fingerprint density at radius 1 is 1.48 bits per heavy atom. The summed E-state index contributed by atoms with van der Waals surface area (Å²) < 4.78 is 7.48. The van der Waals surface area contributed by atoms with Gasteiger partial charge in [0.2, 0.25) is 0 Å². The molecule has 2 aromatic heterocycles. The molecule has 1 amide bonds. The van der Waals surface area contributed by atoms with Crippen molar-refractivity contribution in [3.63, 3.8) is 0 Å². The molecular formula is C19H30N6O2. The molecule has 148 valence electrons. The van der Waals surface area contributed by atoms with Crippen LogP contribution in [0.15, 0.2) is 24.7 Å². The molecule has 3 heterocycles. The van der Waals surface area contributed by atoms with Crippen LogP contribution in [0.1, 0.15) is 27.7 Å². The van der Waals surface area contributed by atoms with Gasteiger partial charge in [-0.05, 0) is 31.5 Å². The zero-order valence-corrected chi connectivity index (χ0v) is 16.6. The lowest BCUT2D eigenvalue weighted by Crippen LogP contribution is -2.59. The summed E-state index contributed by atoms with van der Waals surface area (Å²) >= 11 is 0. The number of carbonyl (C=O) groups is 1. The van der Waals surface area contributed by atoms with Crippen LogP contribution in [-0.2, 0) is 9.53 Å². The summed E-state index contributed by atoms with van der Waals surface area (Å²) in [6.07, 6.45) is 2.98. The van der Waals surface area contributed by atoms with E-state index in [0.717, 1.165) is 24.4 Å². The van der Waals surface area contributed by atoms with Gasteiger partial charge in [-0.2, -0.15) is 5.10 Å². The lowest BCUT2D eigenvalue weighted by atomic mass is 9.88. The smallest absolute Gasteiger partial charge is 0.250 e. The first-order chi connectivity index (χ1) is 12.9. The van der Waals surface area contributed by atoms with E-state index < -0.39 is 11.6 Å². The Hall–Kier alpha value is -2.19. The predicted molar refractivity (Wildman–Crippen MR) is 105 cm³/mol. The van der Waals surface area contributed by atoms with E-state index in [1.165, 1.54) is 6.33 Å². The van der Waals surface area contributed by atoms with E-state index in [1.54, 1.807) is 4.52 Å². The Morgan fingerprint density at radius 2 is 2.30 bits per heavy atom. The highest BCUT2D eigenvalue weighted by atomic mass is 16.5. The fourth-order valence-electron chi connectivity index (χ4n) is 3.17. The lowest BCUT2D eigenvalue weighted by molar-refractivity contribution is -0.140. The van der Waals surface area contributed by atoms with Crippen molar-refractivity contribution < 1.29 is 9.53 Å². The number of nitrogens with zero attached hydrogens (tertiary/aromatic N) is 4. The Kier molecular flexibility index (Phi) is 5.96. The van der Waals surface area contributed by atoms with Crippen molar-refractivity contribution in [2.45, 2.75) is 39.3 Å². The molecule has 8 heteroatoms. The van der Waals surface area contributed by atoms with Gasteiger partial charge < -0.3 is 15.4 Å². The summed E-state index contributed by atoms with van der Waals surface area (Å²) in [7, 11) is 0. The second-order valence-electron chi connectivity index (χ2n) is 7.61. The Balaban J connectivity index is 1.68. The first-order valence-corrected chi connectivity index (χ1v) is 9.61. The fraction of sp³-hybridized carbons (Fsp3) is 0.632. The highest BCUT2D eigenvalue weighted by Crippen LogP contribution is 2.20. The number of carbonyl (C=O) groups excluding carboxylic acids is 1. The Labute approximate surface area is 160 Å². The quantitative estimate of drug-likeness (QED) is 0.762. The van der Waals surface area contributed by atoms with Crippen LogP contribution >= 0.6 is 0 Å². The topological polar surface area (TPSA) is 83.8 Å². The highest BCUT2D eigenvalue weighted by Gasteiger charge is 2.34. The summed E-state index contributed by atoms with van der Waals surface area (Å²) in [6, 6.07) is 3.89. The monoisotopic (exact) mass is 374 g/mol. The van der Waals surface area contributed by atoms with E-state index in [-0.39, 0.29) is 11.8 Å². The summed E-state index contributed by atoms with van der Waals surface area (Å²) in [6.45, 7) is 12.0. The zero-order valence-electron chi connectivity index (χ0n) is 16.6. The maximum Gasteiger partial charge on any atom is 0.250 e. The van der Waals surface area contributed by atoms with Gasteiger partial charge in [-0.25, -0.2) is 9.50 Å². The molecule has 2 unspecified atom stereocenters. The second-order valence-corrected chi connectivity index (χ2v) is 7.61. The zero-order chi connectivity index (χ0) is 19.4. The maximum atomic E-state index is 12.8. The SMILES string of the molecule is CCN1CCOC(C(=O)NC(C)(CNc2ncnn3cccc23)C(C)C)C1. The Bertz CT molecular complexity index is 776. The van der Waals surface area contributed by atoms with E-state index in [4.69, 9.17) is 4.74 Å². The molecule has 0 bridgehead atoms. The van der Waals surface area contributed by atoms with Gasteiger partial charge in [0, 0.05) is 25.8 Å². The van der Waals surface area contributed by atoms with Crippen LogP contribution in [0, 0.1) is 5.92 Å². The average Bonchev–Trinajstić information content (AvgIpc) is 3.15. The van der Waals surface area contributed by atoms with Gasteiger partial charge in [0.1, 0.15) is 17.9 Å². The van der Waals surface area contributed by atoms with E-state index in [1.807, 2.05) is 18.3 Å². The van der Waals surface area contributed by atoms with Crippen molar-refractivity contribution >= 4 is 17.2 Å². The molecule has 2 aromatic rings. The molecule has 1 saturated heterocycles. The number of fused-ring (bicyclic) bond motifs is 1. The van der Waals surface area contributed by atoms with Crippen LogP contribution in [0.3, 0.4) is 0 Å². The number of nitrogens with one attached hydrogen (secondary N) is 2. The fourth-order valence-corrected chi connectivity index (χ4v) is 3.17. The predicted octanol–water partition coefficient (Wildman–Crippen LogP) is 1.39. The number of rotatable bonds is 7. The molecule has 2 N–H and O–H groups in total. The van der Waals surface area contributed by atoms with Crippen molar-refractivity contribution in [1.29, 1.82) is 0 Å². The Morgan fingerprint density at radius 3 is 3.04 bits per heavy atom. The molecular weight excluding hydrogens is 344 g/mol. The number of hydrogen-bond donors (Lipinski definition) is 2. The third kappa shape index (κ3) is 4.39. The number of likely N-dealkylation sites (N-methyl/N-ethyl adjacent to an activating group) is 1. The third-order valence-electron chi connectivity index (χ3n) is 5.53. The van der Waals surface area contributed by atoms with Gasteiger partial charge in [0.15, 0.2) is 5.82 Å². The molecule has 2 atom stereocenters. The van der Waals surface area contributed by atoms with Crippen molar-refractivity contribution in [1.82, 2.24) is 24.8 Å². The highest BCUT2D eigenvalue weighted by molar-refractivity contribution is 5.82. The van der Waals surface area contributed by atoms with Gasteiger partial charge in [-0.15, -0.1) is 0 Å². The minimum absolute atomic E-state index is 0.0540. The first-order valence-electron chi connectivity index (χ1n) is 9.61. The molecule has 1 aliphatic heterocycles. The molecule has 1 fully saturated rings. The lowest BCUT2D eigenvalue weighted by Gasteiger charge is -2.38. The van der Waals surface area contributed by atoms with Crippen LogP contribution < -0.4 is 10.6 Å². The van der Waals surface area contributed by atoms with Crippen molar-refractivity contribution in [3.05, 3.63) is 24.7 Å². The molecule has 3 rings (SSSR count). The summed E-state index contributed by atoms with van der Waals surface area (Å²) in [5.74, 6) is 0.924. The summed E-state index contributed by atoms with van der Waals surface area (Å²) in [5.41, 5.74) is 0.466. The number of morpholine rings is 1. The maximum absolute atomic E-state index is 12.8. The second kappa shape index (κ2) is 8.22. The molecule has 0 radical (unpaired) electrons. The van der Waals surface area contributed by atoms with Crippen molar-refractivity contribution in [3.8, 4) is 0 Å². The molecule has 1 aliphatic rings. The summed E-state index contributed by atoms with van der Waals surface area (Å²) in [5, 5.41) is 10.8. The number of ether oxygens (including phenoxy) is 1. The van der Waals surface area contributed by atoms with Gasteiger partial charge in [0.25, 0.3) is 5.91 Å². The van der Waals surface area contributed by atoms with E-state index in [2.05, 4.69) is 53.3 Å². The van der Waals surface area contributed by atoms with Gasteiger partial charge in [0.05, 0.1) is 12.1 Å². The van der Waals surface area contributed by atoms with Gasteiger partial charge >= 0.3 is 0 Å². The molecule has 27 heavy (non-hydrogen) atoms. The van der Waals surface area contributed by atoms with Gasteiger partial charge in [-0.1, -0.05) is 20.8 Å². The normalized spacial score (nSPS) is 20.6. The molecule has 0 aliphatic carbocycles. The summed E-state index contributed by atoms with van der Waals surface area (Å²) in [4.78, 5) is 19.4. The first kappa shape index (κ1) is 19.6. The van der Waals surface area contributed by atoms with Gasteiger partial charge in [-0.3, -0.25) is 9.69 Å². The van der Waals surface area contributed by atoms with Crippen LogP contribution in [0.4, 0.5) is 5.82 Å². The molecule has 8 nitrogen and oxygen atoms in total. The van der Waals surface area contributed by atoms with E-state index in [0.29, 0.717) is 19.7 Å². The standard InChI is InChI=1S/C19H30N6O2/c1-5-24-9-10-27-16(11-24)18(26)23-19(4,14(2)3)12-20-17-15-7-6-8-25(15)22-13-21-17/h6-8,13-14,16H,5,9-12H2,1-4H3,(H,23,26)(H,20,21,22). The van der Waals surface area contributed by atoms with Crippen molar-refractivity contribution in [2.75, 3.05) is 38.1 Å². The number of amides is 1. The van der Waals surface area contributed by atoms with Crippen LogP contribution in [0.2, 0.25) is 0 Å². The van der Waals surface area contributed by atoms with Crippen molar-refractivity contribution in [2.24, 2.45) is 5.92 Å². The van der Waals surface area contributed by atoms with E-state index >= 15 is 0 Å². The van der Waals surface area contributed by atoms with Crippen LogP contribution in [0.25, 0.3) is 5.52 Å². The largest absolute Gasteiger partial charge is 0.366 e. The molecule has 0 saturated carbocycles.